The number of nitrogens with one attached hydrogen (secondary N) is 1. The highest BCUT2D eigenvalue weighted by Gasteiger charge is 2.08. The second kappa shape index (κ2) is 11.7. The minimum absolute atomic E-state index is 0.0365. The minimum Gasteiger partial charge on any atom is -0.493 e. The van der Waals surface area contributed by atoms with Gasteiger partial charge in [-0.2, -0.15) is 0 Å². The van der Waals surface area contributed by atoms with Gasteiger partial charge < -0.3 is 14.8 Å². The number of amides is 1. The second-order valence-electron chi connectivity index (χ2n) is 6.54. The summed E-state index contributed by atoms with van der Waals surface area (Å²) in [6, 6.07) is 14.8. The summed E-state index contributed by atoms with van der Waals surface area (Å²) in [6.45, 7) is 5.13. The lowest BCUT2D eigenvalue weighted by atomic mass is 10.0. The molecule has 0 fully saturated rings. The van der Waals surface area contributed by atoms with Gasteiger partial charge in [-0.3, -0.25) is 4.79 Å². The minimum atomic E-state index is -0.195. The highest BCUT2D eigenvalue weighted by Crippen LogP contribution is 2.20. The number of hydrogen-bond acceptors (Lipinski definition) is 3. The number of ether oxygens (including phenoxy) is 2. The zero-order valence-corrected chi connectivity index (χ0v) is 17.6. The number of carbonyl (C=O) groups is 1. The van der Waals surface area contributed by atoms with Crippen LogP contribution in [-0.4, -0.2) is 19.1 Å². The molecule has 0 radical (unpaired) electrons. The number of unbranched alkanes of at least 4 members (excludes halogenated alkanes) is 1. The molecular formula is C22H28BrNO3. The van der Waals surface area contributed by atoms with Crippen LogP contribution in [0.1, 0.15) is 39.5 Å². The lowest BCUT2D eigenvalue weighted by Crippen LogP contribution is -2.20. The molecule has 0 spiro atoms. The van der Waals surface area contributed by atoms with E-state index >= 15 is 0 Å². The van der Waals surface area contributed by atoms with Gasteiger partial charge in [-0.15, -0.1) is 0 Å². The number of hydrogen-bond donors (Lipinski definition) is 1. The van der Waals surface area contributed by atoms with E-state index in [0.717, 1.165) is 28.9 Å². The van der Waals surface area contributed by atoms with Crippen molar-refractivity contribution in [3.05, 3.63) is 53.0 Å². The van der Waals surface area contributed by atoms with E-state index in [-0.39, 0.29) is 12.5 Å². The number of rotatable bonds is 11. The monoisotopic (exact) mass is 433 g/mol. The summed E-state index contributed by atoms with van der Waals surface area (Å²) < 4.78 is 12.4. The van der Waals surface area contributed by atoms with Crippen LogP contribution >= 0.6 is 15.9 Å². The fourth-order valence-corrected chi connectivity index (χ4v) is 2.89. The van der Waals surface area contributed by atoms with E-state index in [0.29, 0.717) is 11.7 Å². The lowest BCUT2D eigenvalue weighted by Gasteiger charge is -2.15. The van der Waals surface area contributed by atoms with Crippen molar-refractivity contribution in [2.45, 2.75) is 39.5 Å². The maximum Gasteiger partial charge on any atom is 0.262 e. The van der Waals surface area contributed by atoms with Gasteiger partial charge >= 0.3 is 0 Å². The summed E-state index contributed by atoms with van der Waals surface area (Å²) >= 11 is 3.36. The van der Waals surface area contributed by atoms with Crippen LogP contribution in [0.25, 0.3) is 0 Å². The number of carbonyl (C=O) groups excluding carboxylic acids is 1. The van der Waals surface area contributed by atoms with Gasteiger partial charge in [-0.25, -0.2) is 0 Å². The Labute approximate surface area is 170 Å². The van der Waals surface area contributed by atoms with E-state index in [1.54, 1.807) is 0 Å². The molecule has 0 aromatic heterocycles. The summed E-state index contributed by atoms with van der Waals surface area (Å²) in [4.78, 5) is 12.0. The van der Waals surface area contributed by atoms with Crippen LogP contribution in [-0.2, 0) is 4.79 Å². The third-order valence-corrected chi connectivity index (χ3v) is 4.88. The van der Waals surface area contributed by atoms with Crippen LogP contribution in [0, 0.1) is 5.92 Å². The molecule has 146 valence electrons. The molecule has 2 aromatic carbocycles. The molecule has 1 unspecified atom stereocenters. The van der Waals surface area contributed by atoms with Gasteiger partial charge in [0.25, 0.3) is 5.91 Å². The maximum atomic E-state index is 12.0. The number of anilines is 1. The molecule has 0 saturated heterocycles. The summed E-state index contributed by atoms with van der Waals surface area (Å²) in [5, 5.41) is 2.80. The quantitative estimate of drug-likeness (QED) is 0.468. The van der Waals surface area contributed by atoms with Gasteiger partial charge in [0, 0.05) is 10.2 Å². The highest BCUT2D eigenvalue weighted by molar-refractivity contribution is 9.10. The molecular weight excluding hydrogens is 406 g/mol. The Morgan fingerprint density at radius 3 is 2.22 bits per heavy atom. The molecule has 1 amide bonds. The van der Waals surface area contributed by atoms with Crippen LogP contribution in [0.3, 0.4) is 0 Å². The first kappa shape index (κ1) is 21.3. The third-order valence-electron chi connectivity index (χ3n) is 4.35. The van der Waals surface area contributed by atoms with Crippen molar-refractivity contribution in [3.8, 4) is 11.5 Å². The van der Waals surface area contributed by atoms with E-state index in [1.807, 2.05) is 48.5 Å². The van der Waals surface area contributed by atoms with Gasteiger partial charge in [0.15, 0.2) is 6.61 Å². The summed E-state index contributed by atoms with van der Waals surface area (Å²) in [5.74, 6) is 1.88. The van der Waals surface area contributed by atoms with Crippen LogP contribution in [0.2, 0.25) is 0 Å². The molecule has 5 heteroatoms. The standard InChI is InChI=1S/C22H28BrNO3/c1-3-5-6-17(4-2)15-26-20-11-13-21(14-12-20)27-16-22(25)24-19-9-7-18(23)8-10-19/h7-14,17H,3-6,15-16H2,1-2H3,(H,24,25). The number of benzene rings is 2. The topological polar surface area (TPSA) is 47.6 Å². The zero-order chi connectivity index (χ0) is 19.5. The van der Waals surface area contributed by atoms with Gasteiger partial charge in [0.2, 0.25) is 0 Å². The Balaban J connectivity index is 1.74. The molecule has 27 heavy (non-hydrogen) atoms. The fraction of sp³-hybridized carbons (Fsp3) is 0.409. The molecule has 2 rings (SSSR count). The van der Waals surface area contributed by atoms with Crippen LogP contribution in [0.4, 0.5) is 5.69 Å². The van der Waals surface area contributed by atoms with Crippen molar-refractivity contribution in [2.75, 3.05) is 18.5 Å². The molecule has 1 atom stereocenters. The Bertz CT molecular complexity index is 686. The molecule has 0 heterocycles. The van der Waals surface area contributed by atoms with E-state index in [2.05, 4.69) is 35.1 Å². The smallest absolute Gasteiger partial charge is 0.262 e. The Hall–Kier alpha value is -2.01. The van der Waals surface area contributed by atoms with E-state index in [9.17, 15) is 4.79 Å². The Morgan fingerprint density at radius 1 is 1.00 bits per heavy atom. The van der Waals surface area contributed by atoms with E-state index in [4.69, 9.17) is 9.47 Å². The normalized spacial score (nSPS) is 11.7. The average molecular weight is 434 g/mol. The zero-order valence-electron chi connectivity index (χ0n) is 16.0. The summed E-state index contributed by atoms with van der Waals surface area (Å²) in [7, 11) is 0. The van der Waals surface area contributed by atoms with Gasteiger partial charge in [0.1, 0.15) is 11.5 Å². The summed E-state index contributed by atoms with van der Waals surface area (Å²) in [5.41, 5.74) is 0.740. The lowest BCUT2D eigenvalue weighted by molar-refractivity contribution is -0.118. The van der Waals surface area contributed by atoms with Crippen molar-refractivity contribution in [2.24, 2.45) is 5.92 Å². The molecule has 0 aliphatic carbocycles. The molecule has 2 aromatic rings. The van der Waals surface area contributed by atoms with E-state index in [1.165, 1.54) is 19.3 Å². The predicted molar refractivity (Wildman–Crippen MR) is 114 cm³/mol. The Morgan fingerprint density at radius 2 is 1.63 bits per heavy atom. The molecule has 0 aliphatic heterocycles. The van der Waals surface area contributed by atoms with Crippen molar-refractivity contribution in [1.29, 1.82) is 0 Å². The van der Waals surface area contributed by atoms with Crippen LogP contribution < -0.4 is 14.8 Å². The molecule has 0 aliphatic rings. The first-order valence-corrected chi connectivity index (χ1v) is 10.3. The molecule has 0 saturated carbocycles. The fourth-order valence-electron chi connectivity index (χ4n) is 2.62. The maximum absolute atomic E-state index is 12.0. The first-order chi connectivity index (χ1) is 13.1. The molecule has 4 nitrogen and oxygen atoms in total. The van der Waals surface area contributed by atoms with Crippen molar-refractivity contribution >= 4 is 27.5 Å². The van der Waals surface area contributed by atoms with Crippen molar-refractivity contribution in [1.82, 2.24) is 0 Å². The SMILES string of the molecule is CCCCC(CC)COc1ccc(OCC(=O)Nc2ccc(Br)cc2)cc1. The third kappa shape index (κ3) is 8.04. The summed E-state index contributed by atoms with van der Waals surface area (Å²) in [6.07, 6.45) is 4.81. The first-order valence-electron chi connectivity index (χ1n) is 9.51. The van der Waals surface area contributed by atoms with E-state index < -0.39 is 0 Å². The average Bonchev–Trinajstić information content (AvgIpc) is 2.69. The molecule has 1 N–H and O–H groups in total. The highest BCUT2D eigenvalue weighted by atomic mass is 79.9. The van der Waals surface area contributed by atoms with Gasteiger partial charge in [-0.05, 0) is 60.9 Å². The van der Waals surface area contributed by atoms with Crippen molar-refractivity contribution in [3.63, 3.8) is 0 Å². The van der Waals surface area contributed by atoms with Crippen molar-refractivity contribution < 1.29 is 14.3 Å². The predicted octanol–water partition coefficient (Wildman–Crippen LogP) is 6.06. The number of halogens is 1. The van der Waals surface area contributed by atoms with Crippen LogP contribution in [0.5, 0.6) is 11.5 Å². The second-order valence-corrected chi connectivity index (χ2v) is 7.46. The van der Waals surface area contributed by atoms with Gasteiger partial charge in [-0.1, -0.05) is 49.0 Å². The van der Waals surface area contributed by atoms with Crippen LogP contribution in [0.15, 0.2) is 53.0 Å². The molecule has 0 bridgehead atoms. The van der Waals surface area contributed by atoms with Gasteiger partial charge in [0.05, 0.1) is 6.61 Å². The largest absolute Gasteiger partial charge is 0.493 e. The Kier molecular flexibility index (Phi) is 9.19.